The molecule has 0 N–H and O–H groups in total. The fraction of sp³-hybridized carbons (Fsp3) is 0. The lowest BCUT2D eigenvalue weighted by molar-refractivity contribution is 1.13. The van der Waals surface area contributed by atoms with Crippen molar-refractivity contribution in [3.8, 4) is 40.3 Å². The molecule has 0 bridgehead atoms. The molecule has 5 heteroatoms. The molecule has 0 atom stereocenters. The first kappa shape index (κ1) is 30.7. The van der Waals surface area contributed by atoms with Crippen LogP contribution in [0, 0.1) is 22.7 Å². The van der Waals surface area contributed by atoms with Crippen molar-refractivity contribution in [3.05, 3.63) is 187 Å². The Bertz CT molecular complexity index is 3400. The van der Waals surface area contributed by atoms with Crippen molar-refractivity contribution in [2.24, 2.45) is 0 Å². The molecular weight excluding hydrogens is 671 g/mol. The van der Waals surface area contributed by atoms with Gasteiger partial charge in [0, 0.05) is 43.7 Å². The van der Waals surface area contributed by atoms with Crippen LogP contribution in [0.3, 0.4) is 0 Å². The summed E-state index contributed by atoms with van der Waals surface area (Å²) >= 11 is 0. The van der Waals surface area contributed by atoms with Crippen LogP contribution in [0.15, 0.2) is 176 Å². The molecule has 0 saturated carbocycles. The van der Waals surface area contributed by atoms with E-state index in [1.807, 2.05) is 36.4 Å². The summed E-state index contributed by atoms with van der Waals surface area (Å²) in [5, 5.41) is 27.1. The smallest absolute Gasteiger partial charge is 0.0998 e. The molecule has 3 aromatic heterocycles. The van der Waals surface area contributed by atoms with Crippen LogP contribution in [-0.2, 0) is 0 Å². The Kier molecular flexibility index (Phi) is 6.61. The molecule has 0 aliphatic rings. The van der Waals surface area contributed by atoms with Gasteiger partial charge in [0.15, 0.2) is 0 Å². The van der Waals surface area contributed by atoms with Crippen LogP contribution in [0.4, 0.5) is 0 Å². The van der Waals surface area contributed by atoms with E-state index < -0.39 is 0 Å². The van der Waals surface area contributed by atoms with Crippen LogP contribution in [0.5, 0.6) is 0 Å². The number of nitrogens with zero attached hydrogens (tertiary/aromatic N) is 5. The van der Waals surface area contributed by atoms with Gasteiger partial charge in [-0.25, -0.2) is 0 Å². The molecule has 55 heavy (non-hydrogen) atoms. The molecule has 0 radical (unpaired) electrons. The first-order valence-corrected chi connectivity index (χ1v) is 18.3. The third-order valence-corrected chi connectivity index (χ3v) is 11.1. The Morgan fingerprint density at radius 1 is 0.364 bits per heavy atom. The van der Waals surface area contributed by atoms with E-state index in [2.05, 4.69) is 165 Å². The molecule has 8 aromatic carbocycles. The highest BCUT2D eigenvalue weighted by atomic mass is 15.1. The van der Waals surface area contributed by atoms with E-state index in [-0.39, 0.29) is 0 Å². The number of benzene rings is 8. The third kappa shape index (κ3) is 4.45. The second-order valence-corrected chi connectivity index (χ2v) is 14.0. The lowest BCUT2D eigenvalue weighted by Crippen LogP contribution is -2.01. The summed E-state index contributed by atoms with van der Waals surface area (Å²) in [6.07, 6.45) is 0. The summed E-state index contributed by atoms with van der Waals surface area (Å²) in [5.74, 6) is 0. The van der Waals surface area contributed by atoms with Crippen LogP contribution in [0.1, 0.15) is 11.1 Å². The lowest BCUT2D eigenvalue weighted by atomic mass is 9.99. The van der Waals surface area contributed by atoms with Crippen molar-refractivity contribution in [1.29, 1.82) is 10.5 Å². The predicted octanol–water partition coefficient (Wildman–Crippen LogP) is 12.4. The molecule has 0 amide bonds. The van der Waals surface area contributed by atoms with Crippen molar-refractivity contribution in [2.75, 3.05) is 0 Å². The predicted molar refractivity (Wildman–Crippen MR) is 224 cm³/mol. The molecule has 0 spiro atoms. The van der Waals surface area contributed by atoms with Crippen molar-refractivity contribution in [3.63, 3.8) is 0 Å². The van der Waals surface area contributed by atoms with Crippen LogP contribution in [0.25, 0.3) is 93.6 Å². The van der Waals surface area contributed by atoms with Crippen molar-refractivity contribution < 1.29 is 0 Å². The average molecular weight is 700 g/mol. The van der Waals surface area contributed by atoms with Gasteiger partial charge in [-0.15, -0.1) is 0 Å². The summed E-state index contributed by atoms with van der Waals surface area (Å²) in [6, 6.07) is 65.9. The van der Waals surface area contributed by atoms with E-state index in [1.165, 1.54) is 10.8 Å². The Morgan fingerprint density at radius 2 is 0.891 bits per heavy atom. The van der Waals surface area contributed by atoms with Crippen molar-refractivity contribution in [1.82, 2.24) is 13.7 Å². The minimum Gasteiger partial charge on any atom is -0.309 e. The maximum absolute atomic E-state index is 10.7. The minimum absolute atomic E-state index is 0.603. The second-order valence-electron chi connectivity index (χ2n) is 14.0. The quantitative estimate of drug-likeness (QED) is 0.184. The molecular formula is C50H29N5. The molecule has 0 aliphatic carbocycles. The first-order valence-electron chi connectivity index (χ1n) is 18.3. The first-order chi connectivity index (χ1) is 27.2. The van der Waals surface area contributed by atoms with Crippen LogP contribution < -0.4 is 0 Å². The van der Waals surface area contributed by atoms with E-state index in [0.717, 1.165) is 82.8 Å². The molecule has 3 heterocycles. The van der Waals surface area contributed by atoms with Gasteiger partial charge in [0.2, 0.25) is 0 Å². The maximum atomic E-state index is 10.7. The highest BCUT2D eigenvalue weighted by Gasteiger charge is 2.21. The fourth-order valence-corrected chi connectivity index (χ4v) is 8.76. The molecule has 0 unspecified atom stereocenters. The van der Waals surface area contributed by atoms with Gasteiger partial charge in [-0.1, -0.05) is 103 Å². The number of hydrogen-bond donors (Lipinski definition) is 0. The van der Waals surface area contributed by atoms with Crippen LogP contribution in [0.2, 0.25) is 0 Å². The normalized spacial score (nSPS) is 11.6. The van der Waals surface area contributed by atoms with Gasteiger partial charge in [0.25, 0.3) is 0 Å². The van der Waals surface area contributed by atoms with E-state index >= 15 is 0 Å². The fourth-order valence-electron chi connectivity index (χ4n) is 8.76. The Balaban J connectivity index is 1.08. The van der Waals surface area contributed by atoms with Gasteiger partial charge in [0.05, 0.1) is 62.1 Å². The highest BCUT2D eigenvalue weighted by molar-refractivity contribution is 6.15. The number of fused-ring (bicyclic) bond motifs is 9. The second kappa shape index (κ2) is 11.8. The van der Waals surface area contributed by atoms with Crippen molar-refractivity contribution >= 4 is 65.4 Å². The van der Waals surface area contributed by atoms with Crippen LogP contribution in [-0.4, -0.2) is 13.7 Å². The number of hydrogen-bond acceptors (Lipinski definition) is 2. The zero-order valence-electron chi connectivity index (χ0n) is 29.5. The molecule has 0 saturated heterocycles. The average Bonchev–Trinajstić information content (AvgIpc) is 3.89. The molecule has 0 aliphatic heterocycles. The van der Waals surface area contributed by atoms with Gasteiger partial charge >= 0.3 is 0 Å². The standard InChI is InChI=1S/C50H29N5/c51-30-32-20-27-48-43(28-32)41-13-4-5-15-44(41)53(48)35-23-21-33(22-24-35)37-26-25-36(29-34(37)31-52)54-45-16-6-3-12-40(45)42-14-9-19-49(50(42)54)55-46-17-7-1-10-38(46)39-11-2-8-18-47(39)55/h1-29H. The number of aromatic nitrogens is 3. The van der Waals surface area contributed by atoms with E-state index in [9.17, 15) is 10.5 Å². The van der Waals surface area contributed by atoms with Gasteiger partial charge < -0.3 is 13.7 Å². The zero-order chi connectivity index (χ0) is 36.6. The summed E-state index contributed by atoms with van der Waals surface area (Å²) < 4.78 is 6.93. The molecule has 0 fully saturated rings. The Morgan fingerprint density at radius 3 is 1.53 bits per heavy atom. The molecule has 254 valence electrons. The summed E-state index contributed by atoms with van der Waals surface area (Å²) in [5.41, 5.74) is 12.7. The molecule has 5 nitrogen and oxygen atoms in total. The van der Waals surface area contributed by atoms with E-state index in [4.69, 9.17) is 0 Å². The molecule has 11 rings (SSSR count). The number of para-hydroxylation sites is 5. The van der Waals surface area contributed by atoms with Gasteiger partial charge in [-0.3, -0.25) is 0 Å². The van der Waals surface area contributed by atoms with Crippen molar-refractivity contribution in [2.45, 2.75) is 0 Å². The van der Waals surface area contributed by atoms with E-state index in [0.29, 0.717) is 11.1 Å². The van der Waals surface area contributed by atoms with Gasteiger partial charge in [-0.05, 0) is 83.9 Å². The highest BCUT2D eigenvalue weighted by Crippen LogP contribution is 2.40. The Hall–Kier alpha value is -7.86. The van der Waals surface area contributed by atoms with Gasteiger partial charge in [0.1, 0.15) is 0 Å². The number of rotatable bonds is 4. The summed E-state index contributed by atoms with van der Waals surface area (Å²) in [4.78, 5) is 0. The van der Waals surface area contributed by atoms with Gasteiger partial charge in [-0.2, -0.15) is 10.5 Å². The topological polar surface area (TPSA) is 62.4 Å². The third-order valence-electron chi connectivity index (χ3n) is 11.1. The zero-order valence-corrected chi connectivity index (χ0v) is 29.5. The monoisotopic (exact) mass is 699 g/mol. The lowest BCUT2D eigenvalue weighted by Gasteiger charge is -2.15. The summed E-state index contributed by atoms with van der Waals surface area (Å²) in [7, 11) is 0. The maximum Gasteiger partial charge on any atom is 0.0998 e. The van der Waals surface area contributed by atoms with E-state index in [1.54, 1.807) is 0 Å². The largest absolute Gasteiger partial charge is 0.309 e. The van der Waals surface area contributed by atoms with Crippen LogP contribution >= 0.6 is 0 Å². The SMILES string of the molecule is N#Cc1ccc2c(c1)c1ccccc1n2-c1ccc(-c2ccc(-n3c4ccccc4c4cccc(-n5c6ccccc6c6ccccc65)c43)cc2C#N)cc1. The summed E-state index contributed by atoms with van der Waals surface area (Å²) in [6.45, 7) is 0. The minimum atomic E-state index is 0.603. The number of nitriles is 2. The Labute approximate surface area is 316 Å². The molecule has 11 aromatic rings.